The Labute approximate surface area is 612 Å². The number of carbonyl (C=O) groups excluding carboxylic acids is 11. The first-order valence-electron chi connectivity index (χ1n) is 35.7. The summed E-state index contributed by atoms with van der Waals surface area (Å²) in [5, 5.41) is 46.0. The van der Waals surface area contributed by atoms with Crippen molar-refractivity contribution < 1.29 is 67.7 Å². The summed E-state index contributed by atoms with van der Waals surface area (Å²) in [6, 6.07) is 1.72. The molecule has 584 valence electrons. The molecule has 1 aliphatic rings. The molecule has 11 amide bonds. The van der Waals surface area contributed by atoms with E-state index < -0.39 is 150 Å². The van der Waals surface area contributed by atoms with Crippen LogP contribution >= 0.6 is 0 Å². The topological polar surface area (TPSA) is 614 Å². The first-order chi connectivity index (χ1) is 49.7. The van der Waals surface area contributed by atoms with E-state index in [1.165, 1.54) is 17.0 Å². The minimum Gasteiger partial charge on any atom is -0.508 e. The van der Waals surface area contributed by atoms with Gasteiger partial charge in [-0.25, -0.2) is 4.79 Å². The van der Waals surface area contributed by atoms with E-state index in [-0.39, 0.29) is 139 Å². The molecule has 2 aromatic rings. The lowest BCUT2D eigenvalue weighted by atomic mass is 9.96. The first kappa shape index (κ1) is 88.8. The predicted octanol–water partition coefficient (Wildman–Crippen LogP) is -3.88. The molecule has 1 heterocycles. The number of benzene rings is 2. The van der Waals surface area contributed by atoms with Crippen LogP contribution in [0, 0.1) is 17.8 Å². The van der Waals surface area contributed by atoms with Crippen molar-refractivity contribution in [3.63, 3.8) is 0 Å². The molecule has 0 saturated carbocycles. The Morgan fingerprint density at radius 2 is 0.962 bits per heavy atom. The molecule has 105 heavy (non-hydrogen) atoms. The van der Waals surface area contributed by atoms with Crippen molar-refractivity contribution in [2.45, 2.75) is 205 Å². The van der Waals surface area contributed by atoms with Gasteiger partial charge in [-0.15, -0.1) is 0 Å². The van der Waals surface area contributed by atoms with Crippen molar-refractivity contribution in [1.82, 2.24) is 58.1 Å². The van der Waals surface area contributed by atoms with E-state index in [1.54, 1.807) is 84.0 Å². The van der Waals surface area contributed by atoms with Gasteiger partial charge in [0, 0.05) is 32.6 Å². The average Bonchev–Trinajstić information content (AvgIpc) is 1.74. The van der Waals surface area contributed by atoms with Gasteiger partial charge in [-0.3, -0.25) is 67.7 Å². The number of amides is 11. The second kappa shape index (κ2) is 47.1. The molecule has 0 bridgehead atoms. The minimum absolute atomic E-state index is 0.00495. The summed E-state index contributed by atoms with van der Waals surface area (Å²) in [5.74, 6) is -11.5. The summed E-state index contributed by atoms with van der Waals surface area (Å²) >= 11 is 0. The van der Waals surface area contributed by atoms with E-state index in [0.29, 0.717) is 43.4 Å². The molecule has 1 saturated heterocycles. The van der Waals surface area contributed by atoms with Gasteiger partial charge < -0.3 is 114 Å². The van der Waals surface area contributed by atoms with E-state index in [2.05, 4.69) is 68.1 Å². The molecule has 36 heteroatoms. The van der Waals surface area contributed by atoms with Gasteiger partial charge in [0.05, 0.1) is 19.1 Å². The van der Waals surface area contributed by atoms with Gasteiger partial charge >= 0.3 is 5.97 Å². The summed E-state index contributed by atoms with van der Waals surface area (Å²) in [7, 11) is 0. The van der Waals surface area contributed by atoms with Crippen molar-refractivity contribution in [2.24, 2.45) is 78.6 Å². The Morgan fingerprint density at radius 3 is 1.49 bits per heavy atom. The fraction of sp³-hybridized carbons (Fsp3) is 0.609. The molecule has 0 radical (unpaired) electrons. The lowest BCUT2D eigenvalue weighted by molar-refractivity contribution is -0.144. The molecule has 3 rings (SSSR count). The maximum Gasteiger partial charge on any atom is 0.326 e. The van der Waals surface area contributed by atoms with E-state index >= 15 is 0 Å². The number of aliphatic carboxylic acids is 1. The SMILES string of the molecule is CC[C@H](C)[C@H](NC(=O)[C@H](CCCN=C(N)N)NC(=O)[C@H](CCCN=C(N)N)NC(=O)[C@H](CC(C)C)NC(=O)[C@H](Cc1ccccc1)NC(=O)CNC(=O)CNC(=O)[C@@H](N)Cc1ccc(O)cc1)C(=O)N[C@@H](CCCN=C(N)N)C(=O)N1CCC[C@H]1C(=O)N[C@@H](CCCCN)C(=O)N[C@@H](CC(C)C)C(=O)O. The van der Waals surface area contributed by atoms with E-state index in [9.17, 15) is 67.7 Å². The van der Waals surface area contributed by atoms with E-state index in [1.807, 2.05) is 0 Å². The van der Waals surface area contributed by atoms with Crippen LogP contribution in [0.15, 0.2) is 69.6 Å². The lowest BCUT2D eigenvalue weighted by Crippen LogP contribution is -2.61. The number of carboxylic acid groups (broad SMARTS) is 1. The van der Waals surface area contributed by atoms with Gasteiger partial charge in [0.1, 0.15) is 60.1 Å². The number of aromatic hydroxyl groups is 1. The van der Waals surface area contributed by atoms with Crippen LogP contribution in [-0.4, -0.2) is 210 Å². The van der Waals surface area contributed by atoms with Gasteiger partial charge in [-0.1, -0.05) is 90.4 Å². The number of nitrogens with zero attached hydrogens (tertiary/aromatic N) is 4. The number of aliphatic imine (C=N–C) groups is 3. The zero-order valence-corrected chi connectivity index (χ0v) is 61.2. The molecule has 0 aromatic heterocycles. The number of likely N-dealkylation sites (tertiary alicyclic amines) is 1. The number of nitrogens with one attached hydrogen (secondary N) is 10. The van der Waals surface area contributed by atoms with Crippen molar-refractivity contribution in [3.05, 3.63) is 65.7 Å². The van der Waals surface area contributed by atoms with Crippen LogP contribution in [0.5, 0.6) is 5.75 Å². The van der Waals surface area contributed by atoms with Crippen LogP contribution in [0.1, 0.15) is 143 Å². The maximum absolute atomic E-state index is 14.9. The number of guanidine groups is 3. The molecule has 0 unspecified atom stereocenters. The zero-order valence-electron chi connectivity index (χ0n) is 61.2. The molecule has 28 N–H and O–H groups in total. The van der Waals surface area contributed by atoms with Crippen LogP contribution in [0.3, 0.4) is 0 Å². The Kier molecular flexibility index (Phi) is 39.8. The molecule has 0 spiro atoms. The summed E-state index contributed by atoms with van der Waals surface area (Å²) in [6.07, 6.45) is 1.95. The largest absolute Gasteiger partial charge is 0.508 e. The Hall–Kier alpha value is -10.4. The normalized spacial score (nSPS) is 15.4. The van der Waals surface area contributed by atoms with Crippen molar-refractivity contribution in [3.8, 4) is 5.75 Å². The average molecular weight is 1480 g/mol. The third kappa shape index (κ3) is 34.2. The number of hydrogen-bond acceptors (Lipinski definition) is 18. The standard InChI is InChI=1S/C69H114N22O14/c1-7-41(6)56(64(102)87-49(22-15-31-80-69(76)77)65(103)91-32-16-23-53(91)63(101)86-46(19-11-12-28-70)59(97)89-52(66(104)105)34-40(4)5)90-60(98)48(21-14-30-79-68(74)75)84-58(96)47(20-13-29-78-67(72)73)85-61(99)50(33-39(2)3)88-62(100)51(36-42-17-9-8-10-18-42)83-55(94)38-81-54(93)37-82-57(95)45(71)35-43-24-26-44(92)27-25-43/h8-10,17-18,24-27,39-41,45-53,56,92H,7,11-16,19-23,28-38,70-71H2,1-6H3,(H,81,93)(H,82,95)(H,83,94)(H,84,96)(H,85,99)(H,86,101)(H,87,102)(H,88,100)(H,89,97)(H,90,98)(H,104,105)(H4,72,73,78)(H4,74,75,79)(H4,76,77,80)/t41-,45-,46-,47-,48-,49-,50-,51-,52-,53-,56-/m0/s1. The van der Waals surface area contributed by atoms with Gasteiger partial charge in [0.25, 0.3) is 0 Å². The van der Waals surface area contributed by atoms with Crippen LogP contribution in [0.25, 0.3) is 0 Å². The molecule has 0 aliphatic carbocycles. The van der Waals surface area contributed by atoms with Crippen molar-refractivity contribution in [1.29, 1.82) is 0 Å². The second-order valence-electron chi connectivity index (χ2n) is 26.9. The third-order valence-electron chi connectivity index (χ3n) is 17.1. The summed E-state index contributed by atoms with van der Waals surface area (Å²) in [5.41, 5.74) is 46.8. The van der Waals surface area contributed by atoms with Crippen LogP contribution in [-0.2, 0) is 70.4 Å². The number of hydrogen-bond donors (Lipinski definition) is 20. The molecule has 2 aromatic carbocycles. The van der Waals surface area contributed by atoms with Crippen LogP contribution in [0.4, 0.5) is 0 Å². The summed E-state index contributed by atoms with van der Waals surface area (Å²) in [6.45, 7) is 9.79. The molecule has 11 atom stereocenters. The van der Waals surface area contributed by atoms with Crippen LogP contribution in [0.2, 0.25) is 0 Å². The zero-order chi connectivity index (χ0) is 78.3. The number of carbonyl (C=O) groups is 12. The quantitative estimate of drug-likeness (QED) is 0.0171. The first-order valence-corrected chi connectivity index (χ1v) is 35.7. The highest BCUT2D eigenvalue weighted by Gasteiger charge is 2.41. The van der Waals surface area contributed by atoms with Crippen LogP contribution < -0.4 is 99.0 Å². The summed E-state index contributed by atoms with van der Waals surface area (Å²) in [4.78, 5) is 181. The van der Waals surface area contributed by atoms with Crippen molar-refractivity contribution >= 4 is 88.8 Å². The van der Waals surface area contributed by atoms with E-state index in [4.69, 9.17) is 45.9 Å². The molecule has 36 nitrogen and oxygen atoms in total. The highest BCUT2D eigenvalue weighted by Crippen LogP contribution is 2.22. The Balaban J connectivity index is 1.95. The Morgan fingerprint density at radius 1 is 0.505 bits per heavy atom. The number of phenolic OH excluding ortho intramolecular Hbond substituents is 1. The predicted molar refractivity (Wildman–Crippen MR) is 395 cm³/mol. The molecular weight excluding hydrogens is 1360 g/mol. The number of rotatable bonds is 48. The smallest absolute Gasteiger partial charge is 0.326 e. The number of nitrogens with two attached hydrogens (primary N) is 8. The molecule has 1 aliphatic heterocycles. The van der Waals surface area contributed by atoms with Gasteiger partial charge in [0.2, 0.25) is 65.0 Å². The highest BCUT2D eigenvalue weighted by atomic mass is 16.4. The number of carboxylic acids is 1. The van der Waals surface area contributed by atoms with E-state index in [0.717, 1.165) is 0 Å². The fourth-order valence-corrected chi connectivity index (χ4v) is 11.4. The third-order valence-corrected chi connectivity index (χ3v) is 17.1. The van der Waals surface area contributed by atoms with Crippen molar-refractivity contribution in [2.75, 3.05) is 45.8 Å². The lowest BCUT2D eigenvalue weighted by Gasteiger charge is -2.32. The minimum atomic E-state index is -1.46. The number of unbranched alkanes of at least 4 members (excludes halogenated alkanes) is 1. The maximum atomic E-state index is 14.9. The molecular formula is C69H114N22O14. The Bertz CT molecular complexity index is 3260. The van der Waals surface area contributed by atoms with Gasteiger partial charge in [-0.2, -0.15) is 0 Å². The molecule has 1 fully saturated rings. The second-order valence-corrected chi connectivity index (χ2v) is 26.9. The van der Waals surface area contributed by atoms with Gasteiger partial charge in [0.15, 0.2) is 17.9 Å². The highest BCUT2D eigenvalue weighted by molar-refractivity contribution is 5.99. The fourth-order valence-electron chi connectivity index (χ4n) is 11.4. The monoisotopic (exact) mass is 1470 g/mol. The van der Waals surface area contributed by atoms with Gasteiger partial charge in [-0.05, 0) is 137 Å². The number of phenols is 1. The summed E-state index contributed by atoms with van der Waals surface area (Å²) < 4.78 is 0.